The van der Waals surface area contributed by atoms with Crippen molar-refractivity contribution in [3.63, 3.8) is 0 Å². The number of ether oxygens (including phenoxy) is 1. The Labute approximate surface area is 108 Å². The number of carbonyl (C=O) groups excluding carboxylic acids is 1. The molecule has 0 bridgehead atoms. The van der Waals surface area contributed by atoms with Crippen molar-refractivity contribution in [3.05, 3.63) is 41.1 Å². The summed E-state index contributed by atoms with van der Waals surface area (Å²) in [5, 5.41) is 2.65. The topological polar surface area (TPSA) is 38.3 Å². The Morgan fingerprint density at radius 2 is 2.06 bits per heavy atom. The van der Waals surface area contributed by atoms with Crippen LogP contribution in [0.2, 0.25) is 0 Å². The number of rotatable bonds is 6. The number of amides is 1. The van der Waals surface area contributed by atoms with Gasteiger partial charge in [0.25, 0.3) is 0 Å². The van der Waals surface area contributed by atoms with Crippen LogP contribution in [0.1, 0.15) is 6.42 Å². The van der Waals surface area contributed by atoms with E-state index in [4.69, 9.17) is 4.74 Å². The molecule has 1 N–H and O–H groups in total. The van der Waals surface area contributed by atoms with Crippen LogP contribution in [-0.2, 0) is 4.79 Å². The normalized spacial score (nSPS) is 9.76. The molecule has 1 rings (SSSR count). The second kappa shape index (κ2) is 7.06. The standard InChI is InChI=1S/C12H13BrFNO2/c1-9(13)8-15-12(16)6-7-17-11-4-2-10(14)3-5-11/h2-5H,1,6-8H2,(H,15,16). The first-order chi connectivity index (χ1) is 8.08. The zero-order valence-corrected chi connectivity index (χ0v) is 10.8. The fraction of sp³-hybridized carbons (Fsp3) is 0.250. The molecule has 0 fully saturated rings. The Balaban J connectivity index is 2.21. The van der Waals surface area contributed by atoms with Gasteiger partial charge in [0.2, 0.25) is 5.91 Å². The average Bonchev–Trinajstić information content (AvgIpc) is 2.29. The van der Waals surface area contributed by atoms with Crippen molar-refractivity contribution in [1.29, 1.82) is 0 Å². The van der Waals surface area contributed by atoms with Gasteiger partial charge in [-0.2, -0.15) is 0 Å². The van der Waals surface area contributed by atoms with Crippen LogP contribution in [0.5, 0.6) is 5.75 Å². The molecule has 0 atom stereocenters. The van der Waals surface area contributed by atoms with Crippen molar-refractivity contribution in [3.8, 4) is 5.75 Å². The van der Waals surface area contributed by atoms with E-state index in [-0.39, 0.29) is 24.8 Å². The van der Waals surface area contributed by atoms with Crippen LogP contribution in [0.25, 0.3) is 0 Å². The van der Waals surface area contributed by atoms with Crippen LogP contribution in [0, 0.1) is 5.82 Å². The predicted octanol–water partition coefficient (Wildman–Crippen LogP) is 2.62. The summed E-state index contributed by atoms with van der Waals surface area (Å²) in [6.07, 6.45) is 0.248. The Morgan fingerprint density at radius 3 is 2.65 bits per heavy atom. The van der Waals surface area contributed by atoms with Crippen molar-refractivity contribution >= 4 is 21.8 Å². The van der Waals surface area contributed by atoms with E-state index >= 15 is 0 Å². The molecule has 0 aliphatic carbocycles. The van der Waals surface area contributed by atoms with Crippen LogP contribution in [-0.4, -0.2) is 19.1 Å². The van der Waals surface area contributed by atoms with E-state index in [1.807, 2.05) is 0 Å². The second-order valence-electron chi connectivity index (χ2n) is 3.35. The molecule has 0 unspecified atom stereocenters. The van der Waals surface area contributed by atoms with Gasteiger partial charge in [0.05, 0.1) is 13.0 Å². The molecule has 0 aliphatic heterocycles. The SMILES string of the molecule is C=C(Br)CNC(=O)CCOc1ccc(F)cc1. The smallest absolute Gasteiger partial charge is 0.223 e. The van der Waals surface area contributed by atoms with E-state index < -0.39 is 0 Å². The Bertz CT molecular complexity index is 392. The first kappa shape index (κ1) is 13.7. The molecule has 3 nitrogen and oxygen atoms in total. The minimum atomic E-state index is -0.314. The van der Waals surface area contributed by atoms with Crippen LogP contribution in [0.15, 0.2) is 35.3 Å². The van der Waals surface area contributed by atoms with Gasteiger partial charge >= 0.3 is 0 Å². The van der Waals surface area contributed by atoms with Gasteiger partial charge in [0.15, 0.2) is 0 Å². The molecule has 0 aromatic heterocycles. The fourth-order valence-electron chi connectivity index (χ4n) is 1.08. The molecule has 17 heavy (non-hydrogen) atoms. The van der Waals surface area contributed by atoms with Crippen molar-refractivity contribution in [1.82, 2.24) is 5.32 Å². The Kier molecular flexibility index (Phi) is 5.69. The fourth-order valence-corrected chi connectivity index (χ4v) is 1.22. The molecular weight excluding hydrogens is 289 g/mol. The molecule has 0 radical (unpaired) electrons. The molecule has 92 valence electrons. The molecule has 0 saturated carbocycles. The monoisotopic (exact) mass is 301 g/mol. The van der Waals surface area contributed by atoms with Gasteiger partial charge < -0.3 is 10.1 Å². The summed E-state index contributed by atoms with van der Waals surface area (Å²) < 4.78 is 18.6. The van der Waals surface area contributed by atoms with E-state index in [1.54, 1.807) is 0 Å². The molecule has 1 amide bonds. The van der Waals surface area contributed by atoms with Gasteiger partial charge in [0, 0.05) is 11.0 Å². The predicted molar refractivity (Wildman–Crippen MR) is 67.6 cm³/mol. The maximum absolute atomic E-state index is 12.6. The first-order valence-corrected chi connectivity index (χ1v) is 5.85. The molecule has 1 aromatic carbocycles. The van der Waals surface area contributed by atoms with E-state index in [2.05, 4.69) is 27.8 Å². The molecule has 0 aliphatic rings. The highest BCUT2D eigenvalue weighted by molar-refractivity contribution is 9.11. The Morgan fingerprint density at radius 1 is 1.41 bits per heavy atom. The summed E-state index contributed by atoms with van der Waals surface area (Å²) in [4.78, 5) is 11.3. The van der Waals surface area contributed by atoms with E-state index in [0.29, 0.717) is 16.8 Å². The minimum absolute atomic E-state index is 0.118. The van der Waals surface area contributed by atoms with Gasteiger partial charge in [-0.25, -0.2) is 4.39 Å². The van der Waals surface area contributed by atoms with Crippen LogP contribution in [0.3, 0.4) is 0 Å². The lowest BCUT2D eigenvalue weighted by Crippen LogP contribution is -2.25. The average molecular weight is 302 g/mol. The molecule has 5 heteroatoms. The third-order valence-corrected chi connectivity index (χ3v) is 2.17. The van der Waals surface area contributed by atoms with Crippen LogP contribution < -0.4 is 10.1 Å². The summed E-state index contributed by atoms with van der Waals surface area (Å²) >= 11 is 3.14. The third kappa shape index (κ3) is 6.06. The van der Waals surface area contributed by atoms with E-state index in [0.717, 1.165) is 0 Å². The molecule has 0 saturated heterocycles. The van der Waals surface area contributed by atoms with Crippen molar-refractivity contribution < 1.29 is 13.9 Å². The highest BCUT2D eigenvalue weighted by atomic mass is 79.9. The highest BCUT2D eigenvalue weighted by Crippen LogP contribution is 2.11. The van der Waals surface area contributed by atoms with E-state index in [9.17, 15) is 9.18 Å². The Hall–Kier alpha value is -1.36. The number of hydrogen-bond acceptors (Lipinski definition) is 2. The maximum atomic E-state index is 12.6. The number of hydrogen-bond donors (Lipinski definition) is 1. The number of benzene rings is 1. The molecular formula is C12H13BrFNO2. The van der Waals surface area contributed by atoms with Gasteiger partial charge in [-0.3, -0.25) is 4.79 Å². The summed E-state index contributed by atoms with van der Waals surface area (Å²) in [7, 11) is 0. The number of halogens is 2. The van der Waals surface area contributed by atoms with Crippen LogP contribution in [0.4, 0.5) is 4.39 Å². The minimum Gasteiger partial charge on any atom is -0.493 e. The zero-order valence-electron chi connectivity index (χ0n) is 9.21. The van der Waals surface area contributed by atoms with Gasteiger partial charge in [-0.05, 0) is 24.3 Å². The second-order valence-corrected chi connectivity index (χ2v) is 4.47. The molecule has 0 heterocycles. The summed E-state index contributed by atoms with van der Waals surface area (Å²) in [6.45, 7) is 4.25. The van der Waals surface area contributed by atoms with Crippen molar-refractivity contribution in [2.24, 2.45) is 0 Å². The zero-order chi connectivity index (χ0) is 12.7. The van der Waals surface area contributed by atoms with Gasteiger partial charge in [0.1, 0.15) is 11.6 Å². The summed E-state index contributed by atoms with van der Waals surface area (Å²) in [5.74, 6) is 0.114. The molecule has 0 spiro atoms. The van der Waals surface area contributed by atoms with Crippen molar-refractivity contribution in [2.75, 3.05) is 13.2 Å². The highest BCUT2D eigenvalue weighted by Gasteiger charge is 2.01. The lowest BCUT2D eigenvalue weighted by Gasteiger charge is -2.06. The summed E-state index contributed by atoms with van der Waals surface area (Å²) in [6, 6.07) is 5.66. The summed E-state index contributed by atoms with van der Waals surface area (Å²) in [5.41, 5.74) is 0. The van der Waals surface area contributed by atoms with Crippen LogP contribution >= 0.6 is 15.9 Å². The lowest BCUT2D eigenvalue weighted by atomic mass is 10.3. The van der Waals surface area contributed by atoms with Gasteiger partial charge in [-0.15, -0.1) is 0 Å². The van der Waals surface area contributed by atoms with Gasteiger partial charge in [-0.1, -0.05) is 22.5 Å². The van der Waals surface area contributed by atoms with Crippen molar-refractivity contribution in [2.45, 2.75) is 6.42 Å². The third-order valence-electron chi connectivity index (χ3n) is 1.89. The van der Waals surface area contributed by atoms with E-state index in [1.165, 1.54) is 24.3 Å². The quantitative estimate of drug-likeness (QED) is 0.877. The number of nitrogens with one attached hydrogen (secondary N) is 1. The lowest BCUT2D eigenvalue weighted by molar-refractivity contribution is -0.121. The number of carbonyl (C=O) groups is 1. The maximum Gasteiger partial charge on any atom is 0.223 e. The molecule has 1 aromatic rings. The largest absolute Gasteiger partial charge is 0.493 e. The first-order valence-electron chi connectivity index (χ1n) is 5.06.